The van der Waals surface area contributed by atoms with E-state index in [1.54, 1.807) is 11.3 Å². The summed E-state index contributed by atoms with van der Waals surface area (Å²) in [6.07, 6.45) is 0. The second kappa shape index (κ2) is 4.45. The van der Waals surface area contributed by atoms with E-state index in [1.165, 1.54) is 0 Å². The molecular formula is C13H11N3S. The van der Waals surface area contributed by atoms with Gasteiger partial charge in [0.2, 0.25) is 0 Å². The Hall–Kier alpha value is -2.04. The number of rotatable bonds is 1. The van der Waals surface area contributed by atoms with Crippen LogP contribution < -0.4 is 5.32 Å². The number of nitriles is 2. The lowest BCUT2D eigenvalue weighted by Crippen LogP contribution is -2.22. The summed E-state index contributed by atoms with van der Waals surface area (Å²) in [6.45, 7) is 3.74. The first-order valence-electron chi connectivity index (χ1n) is 5.21. The van der Waals surface area contributed by atoms with E-state index in [0.717, 1.165) is 16.3 Å². The first-order chi connectivity index (χ1) is 8.19. The van der Waals surface area contributed by atoms with E-state index < -0.39 is 0 Å². The molecule has 0 spiro atoms. The fraction of sp³-hybridized carbons (Fsp3) is 0.231. The molecule has 0 atom stereocenters. The van der Waals surface area contributed by atoms with Gasteiger partial charge in [-0.25, -0.2) is 0 Å². The lowest BCUT2D eigenvalue weighted by Gasteiger charge is -2.24. The van der Waals surface area contributed by atoms with Crippen molar-refractivity contribution in [3.63, 3.8) is 0 Å². The van der Waals surface area contributed by atoms with Crippen molar-refractivity contribution in [1.82, 2.24) is 5.32 Å². The minimum Gasteiger partial charge on any atom is -0.361 e. The minimum absolute atomic E-state index is 0.203. The van der Waals surface area contributed by atoms with Gasteiger partial charge in [0.25, 0.3) is 0 Å². The predicted octanol–water partition coefficient (Wildman–Crippen LogP) is 3.03. The maximum Gasteiger partial charge on any atom is 0.0976 e. The van der Waals surface area contributed by atoms with Crippen molar-refractivity contribution in [1.29, 1.82) is 10.5 Å². The van der Waals surface area contributed by atoms with E-state index in [9.17, 15) is 10.5 Å². The number of hydrogen-bond donors (Lipinski definition) is 1. The number of thiophene rings is 1. The van der Waals surface area contributed by atoms with Crippen molar-refractivity contribution >= 4 is 11.3 Å². The monoisotopic (exact) mass is 241 g/mol. The number of allylic oxidation sites excluding steroid dienone is 4. The van der Waals surface area contributed by atoms with Gasteiger partial charge in [-0.15, -0.1) is 11.3 Å². The summed E-state index contributed by atoms with van der Waals surface area (Å²) in [7, 11) is 0. The Balaban J connectivity index is 2.61. The summed E-state index contributed by atoms with van der Waals surface area (Å²) < 4.78 is 0. The van der Waals surface area contributed by atoms with Gasteiger partial charge in [-0.2, -0.15) is 10.5 Å². The molecule has 0 amide bonds. The molecule has 84 valence electrons. The van der Waals surface area contributed by atoms with Crippen LogP contribution in [0.1, 0.15) is 24.6 Å². The van der Waals surface area contributed by atoms with Crippen molar-refractivity contribution in [3.8, 4) is 12.1 Å². The molecule has 0 aliphatic carbocycles. The fourth-order valence-electron chi connectivity index (χ4n) is 2.03. The largest absolute Gasteiger partial charge is 0.361 e. The Morgan fingerprint density at radius 3 is 2.18 bits per heavy atom. The smallest absolute Gasteiger partial charge is 0.0976 e. The van der Waals surface area contributed by atoms with Crippen LogP contribution in [0.25, 0.3) is 0 Å². The number of nitrogens with zero attached hydrogens (tertiary/aromatic N) is 2. The summed E-state index contributed by atoms with van der Waals surface area (Å²) in [6, 6.07) is 8.34. The second-order valence-corrected chi connectivity index (χ2v) is 4.85. The van der Waals surface area contributed by atoms with Crippen LogP contribution >= 0.6 is 11.3 Å². The highest BCUT2D eigenvalue weighted by atomic mass is 32.1. The molecule has 0 radical (unpaired) electrons. The Morgan fingerprint density at radius 2 is 1.76 bits per heavy atom. The highest BCUT2D eigenvalue weighted by molar-refractivity contribution is 7.10. The van der Waals surface area contributed by atoms with Crippen LogP contribution in [-0.2, 0) is 0 Å². The molecule has 2 heterocycles. The molecule has 1 aliphatic rings. The maximum absolute atomic E-state index is 9.25. The van der Waals surface area contributed by atoms with Crippen LogP contribution in [0.2, 0.25) is 0 Å². The molecule has 17 heavy (non-hydrogen) atoms. The minimum atomic E-state index is -0.203. The lowest BCUT2D eigenvalue weighted by molar-refractivity contribution is 0.822. The molecule has 1 N–H and O–H groups in total. The summed E-state index contributed by atoms with van der Waals surface area (Å²) in [4.78, 5) is 1.04. The maximum atomic E-state index is 9.25. The Kier molecular flexibility index (Phi) is 2.99. The van der Waals surface area contributed by atoms with E-state index >= 15 is 0 Å². The summed E-state index contributed by atoms with van der Waals surface area (Å²) in [5.41, 5.74) is 2.94. The predicted molar refractivity (Wildman–Crippen MR) is 66.8 cm³/mol. The number of dihydropyridines is 1. The average molecular weight is 241 g/mol. The molecule has 4 heteroatoms. The summed E-state index contributed by atoms with van der Waals surface area (Å²) >= 11 is 1.57. The normalized spacial score (nSPS) is 16.5. The molecular weight excluding hydrogens is 230 g/mol. The second-order valence-electron chi connectivity index (χ2n) is 3.87. The highest BCUT2D eigenvalue weighted by Crippen LogP contribution is 2.38. The van der Waals surface area contributed by atoms with E-state index in [4.69, 9.17) is 0 Å². The zero-order valence-corrected chi connectivity index (χ0v) is 10.4. The van der Waals surface area contributed by atoms with Gasteiger partial charge >= 0.3 is 0 Å². The van der Waals surface area contributed by atoms with Crippen molar-refractivity contribution < 1.29 is 0 Å². The molecule has 3 nitrogen and oxygen atoms in total. The molecule has 1 aromatic rings. The summed E-state index contributed by atoms with van der Waals surface area (Å²) in [5.74, 6) is -0.203. The van der Waals surface area contributed by atoms with Crippen molar-refractivity contribution in [3.05, 3.63) is 44.9 Å². The zero-order valence-electron chi connectivity index (χ0n) is 9.61. The van der Waals surface area contributed by atoms with Gasteiger partial charge in [0.1, 0.15) is 0 Å². The van der Waals surface area contributed by atoms with Crippen molar-refractivity contribution in [2.45, 2.75) is 19.8 Å². The number of hydrogen-bond acceptors (Lipinski definition) is 4. The van der Waals surface area contributed by atoms with Crippen LogP contribution in [0.5, 0.6) is 0 Å². The Bertz CT molecular complexity index is 543. The average Bonchev–Trinajstić information content (AvgIpc) is 2.81. The van der Waals surface area contributed by atoms with Gasteiger partial charge in [0.05, 0.1) is 29.2 Å². The number of nitrogens with one attached hydrogen (secondary N) is 1. The Labute approximate surface area is 104 Å². The zero-order chi connectivity index (χ0) is 12.4. The first kappa shape index (κ1) is 11.4. The third kappa shape index (κ3) is 1.84. The molecule has 0 unspecified atom stereocenters. The third-order valence-corrected chi connectivity index (χ3v) is 3.77. The quantitative estimate of drug-likeness (QED) is 0.822. The molecule has 0 bridgehead atoms. The van der Waals surface area contributed by atoms with E-state index in [2.05, 4.69) is 17.5 Å². The fourth-order valence-corrected chi connectivity index (χ4v) is 2.87. The van der Waals surface area contributed by atoms with Crippen LogP contribution in [-0.4, -0.2) is 0 Å². The van der Waals surface area contributed by atoms with E-state index in [0.29, 0.717) is 11.1 Å². The van der Waals surface area contributed by atoms with Crippen LogP contribution in [0.15, 0.2) is 40.1 Å². The van der Waals surface area contributed by atoms with Gasteiger partial charge < -0.3 is 5.32 Å². The third-order valence-electron chi connectivity index (χ3n) is 2.83. The van der Waals surface area contributed by atoms with E-state index in [1.807, 2.05) is 31.4 Å². The first-order valence-corrected chi connectivity index (χ1v) is 6.09. The molecule has 2 rings (SSSR count). The topological polar surface area (TPSA) is 59.6 Å². The highest BCUT2D eigenvalue weighted by Gasteiger charge is 2.29. The molecule has 0 saturated carbocycles. The van der Waals surface area contributed by atoms with Crippen LogP contribution in [0, 0.1) is 22.7 Å². The molecule has 1 aliphatic heterocycles. The van der Waals surface area contributed by atoms with Gasteiger partial charge in [-0.3, -0.25) is 0 Å². The Morgan fingerprint density at radius 1 is 1.18 bits per heavy atom. The van der Waals surface area contributed by atoms with Gasteiger partial charge in [-0.1, -0.05) is 6.07 Å². The van der Waals surface area contributed by atoms with Crippen LogP contribution in [0.3, 0.4) is 0 Å². The summed E-state index contributed by atoms with van der Waals surface area (Å²) in [5, 5.41) is 23.6. The van der Waals surface area contributed by atoms with Gasteiger partial charge in [-0.05, 0) is 25.3 Å². The lowest BCUT2D eigenvalue weighted by atomic mass is 9.86. The van der Waals surface area contributed by atoms with Crippen LogP contribution in [0.4, 0.5) is 0 Å². The molecule has 0 aromatic carbocycles. The standard InChI is InChI=1S/C13H11N3S/c1-8-10(6-14)13(12-4-3-5-17-12)11(7-15)9(2)16-8/h3-5,13,16H,1-2H3. The molecule has 0 saturated heterocycles. The van der Waals surface area contributed by atoms with Gasteiger partial charge in [0.15, 0.2) is 0 Å². The molecule has 0 fully saturated rings. The van der Waals surface area contributed by atoms with Crippen molar-refractivity contribution in [2.75, 3.05) is 0 Å². The van der Waals surface area contributed by atoms with Crippen molar-refractivity contribution in [2.24, 2.45) is 0 Å². The SMILES string of the molecule is CC1=C(C#N)C(c2cccs2)C(C#N)=C(C)N1. The molecule has 1 aromatic heterocycles. The van der Waals surface area contributed by atoms with E-state index in [-0.39, 0.29) is 5.92 Å². The van der Waals surface area contributed by atoms with Gasteiger partial charge in [0, 0.05) is 16.3 Å².